The van der Waals surface area contributed by atoms with E-state index in [1.807, 2.05) is 37.3 Å². The van der Waals surface area contributed by atoms with Crippen molar-refractivity contribution in [2.24, 2.45) is 5.73 Å². The van der Waals surface area contributed by atoms with E-state index < -0.39 is 11.9 Å². The second kappa shape index (κ2) is 9.50. The number of nitrogens with two attached hydrogens (primary N) is 1. The highest BCUT2D eigenvalue weighted by Gasteiger charge is 2.18. The lowest BCUT2D eigenvalue weighted by atomic mass is 10.1. The van der Waals surface area contributed by atoms with E-state index >= 15 is 0 Å². The van der Waals surface area contributed by atoms with Crippen LogP contribution >= 0.6 is 0 Å². The number of carbonyl (C=O) groups is 3. The van der Waals surface area contributed by atoms with Crippen molar-refractivity contribution in [3.8, 4) is 0 Å². The molecule has 0 aliphatic heterocycles. The van der Waals surface area contributed by atoms with Crippen LogP contribution in [-0.2, 0) is 14.4 Å². The van der Waals surface area contributed by atoms with Crippen LogP contribution in [0.3, 0.4) is 0 Å². The number of nitrogens with one attached hydrogen (secondary N) is 2. The van der Waals surface area contributed by atoms with Gasteiger partial charge in [-0.1, -0.05) is 35.9 Å². The smallest absolute Gasteiger partial charge is 0.240 e. The van der Waals surface area contributed by atoms with Gasteiger partial charge in [0.2, 0.25) is 17.7 Å². The van der Waals surface area contributed by atoms with Gasteiger partial charge in [0.1, 0.15) is 6.04 Å². The number of hydrogen-bond donors (Lipinski definition) is 3. The molecule has 0 radical (unpaired) electrons. The highest BCUT2D eigenvalue weighted by atomic mass is 16.2. The molecule has 0 bridgehead atoms. The lowest BCUT2D eigenvalue weighted by molar-refractivity contribution is -0.129. The minimum atomic E-state index is -0.790. The molecule has 0 aliphatic rings. The summed E-state index contributed by atoms with van der Waals surface area (Å²) in [6, 6.07) is 8.63. The molecule has 24 heavy (non-hydrogen) atoms. The fraction of sp³-hybridized carbons (Fsp3) is 0.389. The summed E-state index contributed by atoms with van der Waals surface area (Å²) >= 11 is 0. The maximum absolute atomic E-state index is 11.9. The summed E-state index contributed by atoms with van der Waals surface area (Å²) in [5.74, 6) is -1.23. The predicted molar refractivity (Wildman–Crippen MR) is 92.8 cm³/mol. The number of hydrogen-bond acceptors (Lipinski definition) is 3. The van der Waals surface area contributed by atoms with E-state index in [4.69, 9.17) is 5.73 Å². The first-order chi connectivity index (χ1) is 11.3. The van der Waals surface area contributed by atoms with E-state index in [2.05, 4.69) is 17.2 Å². The molecule has 0 fully saturated rings. The zero-order valence-corrected chi connectivity index (χ0v) is 14.2. The molecule has 1 aromatic carbocycles. The molecule has 0 saturated carbocycles. The second-order valence-corrected chi connectivity index (χ2v) is 5.88. The number of carbonyl (C=O) groups excluding carboxylic acids is 3. The Balaban J connectivity index is 2.41. The molecule has 6 nitrogen and oxygen atoms in total. The molecule has 4 N–H and O–H groups in total. The fourth-order valence-corrected chi connectivity index (χ4v) is 2.20. The number of primary amides is 1. The molecule has 2 atom stereocenters. The summed E-state index contributed by atoms with van der Waals surface area (Å²) in [6.45, 7) is 7.33. The quantitative estimate of drug-likeness (QED) is 0.599. The van der Waals surface area contributed by atoms with Gasteiger partial charge in [-0.05, 0) is 25.8 Å². The second-order valence-electron chi connectivity index (χ2n) is 5.88. The Morgan fingerprint density at radius 2 is 1.62 bits per heavy atom. The van der Waals surface area contributed by atoms with Crippen molar-refractivity contribution in [3.05, 3.63) is 48.0 Å². The van der Waals surface area contributed by atoms with Crippen molar-refractivity contribution < 1.29 is 14.4 Å². The molecule has 3 amide bonds. The third-order valence-corrected chi connectivity index (χ3v) is 3.49. The van der Waals surface area contributed by atoms with Gasteiger partial charge in [-0.15, -0.1) is 6.58 Å². The van der Waals surface area contributed by atoms with Crippen molar-refractivity contribution in [2.45, 2.75) is 45.2 Å². The standard InChI is InChI=1S/C18H25N3O3/c1-12(2)11-15(18(19)24)21-17(23)10-9-16(22)20-13(3)14-7-5-4-6-8-14/h4-8,13,15H,1,9-11H2,2-3H3,(H2,19,24)(H,20,22)(H,21,23)/t13-,15-/m1/s1. The molecular formula is C18H25N3O3. The highest BCUT2D eigenvalue weighted by Crippen LogP contribution is 2.11. The van der Waals surface area contributed by atoms with Crippen LogP contribution in [0.25, 0.3) is 0 Å². The maximum Gasteiger partial charge on any atom is 0.240 e. The van der Waals surface area contributed by atoms with E-state index in [0.717, 1.165) is 11.1 Å². The molecular weight excluding hydrogens is 306 g/mol. The molecule has 0 aliphatic carbocycles. The van der Waals surface area contributed by atoms with Gasteiger partial charge >= 0.3 is 0 Å². The third-order valence-electron chi connectivity index (χ3n) is 3.49. The van der Waals surface area contributed by atoms with E-state index in [9.17, 15) is 14.4 Å². The largest absolute Gasteiger partial charge is 0.368 e. The lowest BCUT2D eigenvalue weighted by Crippen LogP contribution is -2.44. The Morgan fingerprint density at radius 3 is 2.12 bits per heavy atom. The summed E-state index contributed by atoms with van der Waals surface area (Å²) in [4.78, 5) is 35.1. The molecule has 1 rings (SSSR count). The van der Waals surface area contributed by atoms with Crippen LogP contribution in [0.5, 0.6) is 0 Å². The van der Waals surface area contributed by atoms with Crippen molar-refractivity contribution in [1.29, 1.82) is 0 Å². The Kier molecular flexibility index (Phi) is 7.68. The minimum Gasteiger partial charge on any atom is -0.368 e. The topological polar surface area (TPSA) is 101 Å². The number of benzene rings is 1. The van der Waals surface area contributed by atoms with Gasteiger partial charge in [-0.25, -0.2) is 0 Å². The molecule has 130 valence electrons. The van der Waals surface area contributed by atoms with Crippen molar-refractivity contribution in [3.63, 3.8) is 0 Å². The molecule has 0 unspecified atom stereocenters. The van der Waals surface area contributed by atoms with Crippen LogP contribution in [0.2, 0.25) is 0 Å². The van der Waals surface area contributed by atoms with Gasteiger partial charge in [0.05, 0.1) is 6.04 Å². The molecule has 0 aromatic heterocycles. The third kappa shape index (κ3) is 7.09. The fourth-order valence-electron chi connectivity index (χ4n) is 2.20. The summed E-state index contributed by atoms with van der Waals surface area (Å²) in [5, 5.41) is 5.37. The van der Waals surface area contributed by atoms with Gasteiger partial charge in [-0.2, -0.15) is 0 Å². The molecule has 0 heterocycles. The Bertz CT molecular complexity index is 599. The first-order valence-electron chi connectivity index (χ1n) is 7.87. The average Bonchev–Trinajstić information content (AvgIpc) is 2.52. The SMILES string of the molecule is C=C(C)C[C@@H](NC(=O)CCC(=O)N[C@H](C)c1ccccc1)C(N)=O. The van der Waals surface area contributed by atoms with Gasteiger partial charge in [0.25, 0.3) is 0 Å². The van der Waals surface area contributed by atoms with E-state index in [-0.39, 0.29) is 37.1 Å². The van der Waals surface area contributed by atoms with E-state index in [1.54, 1.807) is 6.92 Å². The van der Waals surface area contributed by atoms with Gasteiger partial charge in [0.15, 0.2) is 0 Å². The number of rotatable bonds is 9. The van der Waals surface area contributed by atoms with Crippen molar-refractivity contribution in [1.82, 2.24) is 10.6 Å². The zero-order chi connectivity index (χ0) is 18.1. The van der Waals surface area contributed by atoms with Crippen molar-refractivity contribution >= 4 is 17.7 Å². The Hall–Kier alpha value is -2.63. The molecule has 6 heteroatoms. The molecule has 0 saturated heterocycles. The Morgan fingerprint density at radius 1 is 1.08 bits per heavy atom. The van der Waals surface area contributed by atoms with Crippen LogP contribution in [-0.4, -0.2) is 23.8 Å². The molecule has 1 aromatic rings. The molecule has 0 spiro atoms. The van der Waals surface area contributed by atoms with Crippen LogP contribution in [0.1, 0.15) is 44.7 Å². The van der Waals surface area contributed by atoms with E-state index in [0.29, 0.717) is 0 Å². The first-order valence-corrected chi connectivity index (χ1v) is 7.87. The summed E-state index contributed by atoms with van der Waals surface area (Å²) in [7, 11) is 0. The average molecular weight is 331 g/mol. The Labute approximate surface area is 142 Å². The van der Waals surface area contributed by atoms with Crippen molar-refractivity contribution in [2.75, 3.05) is 0 Å². The first kappa shape index (κ1) is 19.4. The van der Waals surface area contributed by atoms with Gasteiger partial charge in [-0.3, -0.25) is 14.4 Å². The van der Waals surface area contributed by atoms with Crippen LogP contribution in [0.4, 0.5) is 0 Å². The van der Waals surface area contributed by atoms with Crippen LogP contribution in [0, 0.1) is 0 Å². The van der Waals surface area contributed by atoms with Gasteiger partial charge < -0.3 is 16.4 Å². The summed E-state index contributed by atoms with van der Waals surface area (Å²) in [6.07, 6.45) is 0.327. The zero-order valence-electron chi connectivity index (χ0n) is 14.2. The summed E-state index contributed by atoms with van der Waals surface area (Å²) < 4.78 is 0. The highest BCUT2D eigenvalue weighted by molar-refractivity contribution is 5.88. The minimum absolute atomic E-state index is 0.00663. The van der Waals surface area contributed by atoms with Crippen LogP contribution in [0.15, 0.2) is 42.5 Å². The van der Waals surface area contributed by atoms with E-state index in [1.165, 1.54) is 0 Å². The summed E-state index contributed by atoms with van der Waals surface area (Å²) in [5.41, 5.74) is 6.98. The predicted octanol–water partition coefficient (Wildman–Crippen LogP) is 1.58. The van der Waals surface area contributed by atoms with Crippen LogP contribution < -0.4 is 16.4 Å². The number of amides is 3. The van der Waals surface area contributed by atoms with Gasteiger partial charge in [0, 0.05) is 12.8 Å². The normalized spacial score (nSPS) is 12.8. The monoisotopic (exact) mass is 331 g/mol. The lowest BCUT2D eigenvalue weighted by Gasteiger charge is -2.16. The maximum atomic E-state index is 11.9.